The fourth-order valence-corrected chi connectivity index (χ4v) is 2.52. The molecule has 1 aromatic carbocycles. The molecule has 0 atom stereocenters. The van der Waals surface area contributed by atoms with Crippen molar-refractivity contribution in [1.82, 2.24) is 0 Å². The number of hydrogen-bond donors (Lipinski definition) is 0. The Labute approximate surface area is 109 Å². The van der Waals surface area contributed by atoms with E-state index in [1.165, 1.54) is 6.07 Å². The summed E-state index contributed by atoms with van der Waals surface area (Å²) in [6.07, 6.45) is 7.12. The van der Waals surface area contributed by atoms with E-state index in [4.69, 9.17) is 0 Å². The lowest BCUT2D eigenvalue weighted by molar-refractivity contribution is 0.102. The molecule has 2 rings (SSSR count). The standard InChI is InChI=1S/C14H14BrFO/c15-13-11(8-5-9-12(13)16)14(17)10-6-3-1-2-4-7-10/h5-6,8-9H,1-4,7H2. The number of hydrogen-bond acceptors (Lipinski definition) is 1. The molecule has 0 spiro atoms. The van der Waals surface area contributed by atoms with Crippen LogP contribution in [0.3, 0.4) is 0 Å². The number of allylic oxidation sites excluding steroid dienone is 2. The van der Waals surface area contributed by atoms with Crippen LogP contribution in [0.4, 0.5) is 4.39 Å². The van der Waals surface area contributed by atoms with Gasteiger partial charge in [-0.2, -0.15) is 0 Å². The minimum absolute atomic E-state index is 0.0433. The van der Waals surface area contributed by atoms with E-state index in [9.17, 15) is 9.18 Å². The van der Waals surface area contributed by atoms with Gasteiger partial charge in [0.05, 0.1) is 4.47 Å². The van der Waals surface area contributed by atoms with Crippen molar-refractivity contribution >= 4 is 21.7 Å². The normalized spacial score (nSPS) is 16.2. The van der Waals surface area contributed by atoms with E-state index in [0.29, 0.717) is 5.56 Å². The number of halogens is 2. The molecule has 0 bridgehead atoms. The first-order valence-electron chi connectivity index (χ1n) is 5.88. The lowest BCUT2D eigenvalue weighted by Gasteiger charge is -2.07. The van der Waals surface area contributed by atoms with Crippen LogP contribution in [-0.2, 0) is 0 Å². The topological polar surface area (TPSA) is 17.1 Å². The molecule has 0 fully saturated rings. The summed E-state index contributed by atoms with van der Waals surface area (Å²) < 4.78 is 13.6. The zero-order valence-electron chi connectivity index (χ0n) is 9.51. The van der Waals surface area contributed by atoms with Crippen molar-refractivity contribution in [2.24, 2.45) is 0 Å². The molecular weight excluding hydrogens is 283 g/mol. The van der Waals surface area contributed by atoms with E-state index in [2.05, 4.69) is 15.9 Å². The van der Waals surface area contributed by atoms with Gasteiger partial charge in [-0.1, -0.05) is 18.6 Å². The average molecular weight is 297 g/mol. The maximum Gasteiger partial charge on any atom is 0.189 e. The van der Waals surface area contributed by atoms with Crippen LogP contribution in [0, 0.1) is 5.82 Å². The van der Waals surface area contributed by atoms with Crippen molar-refractivity contribution in [3.63, 3.8) is 0 Å². The fraction of sp³-hybridized carbons (Fsp3) is 0.357. The molecule has 0 aliphatic heterocycles. The largest absolute Gasteiger partial charge is 0.289 e. The zero-order valence-corrected chi connectivity index (χ0v) is 11.1. The first-order valence-corrected chi connectivity index (χ1v) is 6.67. The molecule has 0 amide bonds. The van der Waals surface area contributed by atoms with Gasteiger partial charge in [-0.05, 0) is 59.3 Å². The van der Waals surface area contributed by atoms with Crippen molar-refractivity contribution in [2.75, 3.05) is 0 Å². The predicted octanol–water partition coefficient (Wildman–Crippen LogP) is 4.66. The molecule has 0 radical (unpaired) electrons. The molecule has 1 nitrogen and oxygen atoms in total. The molecule has 0 saturated heterocycles. The molecule has 0 unspecified atom stereocenters. The van der Waals surface area contributed by atoms with E-state index >= 15 is 0 Å². The Morgan fingerprint density at radius 1 is 1.24 bits per heavy atom. The van der Waals surface area contributed by atoms with E-state index in [-0.39, 0.29) is 16.1 Å². The van der Waals surface area contributed by atoms with Gasteiger partial charge in [0, 0.05) is 5.56 Å². The molecule has 1 aliphatic carbocycles. The van der Waals surface area contributed by atoms with Gasteiger partial charge in [0.15, 0.2) is 5.78 Å². The van der Waals surface area contributed by atoms with Crippen LogP contribution in [-0.4, -0.2) is 5.78 Å². The number of carbonyl (C=O) groups excluding carboxylic acids is 1. The highest BCUT2D eigenvalue weighted by molar-refractivity contribution is 9.10. The second kappa shape index (κ2) is 5.58. The van der Waals surface area contributed by atoms with Crippen LogP contribution in [0.1, 0.15) is 42.5 Å². The van der Waals surface area contributed by atoms with Crippen LogP contribution in [0.2, 0.25) is 0 Å². The maximum atomic E-state index is 13.4. The van der Waals surface area contributed by atoms with Crippen molar-refractivity contribution in [3.05, 3.63) is 45.7 Å². The summed E-state index contributed by atoms with van der Waals surface area (Å²) in [5, 5.41) is 0. The SMILES string of the molecule is O=C(C1=CCCCCC1)c1cccc(F)c1Br. The lowest BCUT2D eigenvalue weighted by Crippen LogP contribution is -2.05. The van der Waals surface area contributed by atoms with Gasteiger partial charge in [-0.3, -0.25) is 4.79 Å². The van der Waals surface area contributed by atoms with Gasteiger partial charge in [-0.25, -0.2) is 4.39 Å². The van der Waals surface area contributed by atoms with Crippen LogP contribution >= 0.6 is 15.9 Å². The maximum absolute atomic E-state index is 13.4. The average Bonchev–Trinajstić information content (AvgIpc) is 2.60. The second-order valence-corrected chi connectivity index (χ2v) is 5.05. The van der Waals surface area contributed by atoms with E-state index < -0.39 is 0 Å². The van der Waals surface area contributed by atoms with Gasteiger partial charge in [0.25, 0.3) is 0 Å². The van der Waals surface area contributed by atoms with Gasteiger partial charge in [0.2, 0.25) is 0 Å². The third kappa shape index (κ3) is 2.83. The van der Waals surface area contributed by atoms with Gasteiger partial charge in [-0.15, -0.1) is 0 Å². The van der Waals surface area contributed by atoms with Crippen LogP contribution in [0.25, 0.3) is 0 Å². The second-order valence-electron chi connectivity index (χ2n) is 4.26. The summed E-state index contributed by atoms with van der Waals surface area (Å²) in [5.74, 6) is -0.427. The highest BCUT2D eigenvalue weighted by Crippen LogP contribution is 2.26. The zero-order chi connectivity index (χ0) is 12.3. The van der Waals surface area contributed by atoms with Crippen molar-refractivity contribution in [2.45, 2.75) is 32.1 Å². The minimum atomic E-state index is -0.384. The number of benzene rings is 1. The van der Waals surface area contributed by atoms with Crippen molar-refractivity contribution in [1.29, 1.82) is 0 Å². The third-order valence-electron chi connectivity index (χ3n) is 3.03. The number of ketones is 1. The smallest absolute Gasteiger partial charge is 0.189 e. The predicted molar refractivity (Wildman–Crippen MR) is 69.6 cm³/mol. The van der Waals surface area contributed by atoms with Crippen LogP contribution in [0.5, 0.6) is 0 Å². The first-order chi connectivity index (χ1) is 8.20. The Morgan fingerprint density at radius 2 is 2.06 bits per heavy atom. The Kier molecular flexibility index (Phi) is 4.11. The third-order valence-corrected chi connectivity index (χ3v) is 3.83. The fourth-order valence-electron chi connectivity index (χ4n) is 2.07. The van der Waals surface area contributed by atoms with Gasteiger partial charge < -0.3 is 0 Å². The number of carbonyl (C=O) groups is 1. The first kappa shape index (κ1) is 12.5. The Balaban J connectivity index is 2.30. The van der Waals surface area contributed by atoms with Crippen molar-refractivity contribution < 1.29 is 9.18 Å². The Hall–Kier alpha value is -0.960. The number of rotatable bonds is 2. The molecule has 0 N–H and O–H groups in total. The van der Waals surface area contributed by atoms with E-state index in [1.54, 1.807) is 12.1 Å². The van der Waals surface area contributed by atoms with Gasteiger partial charge >= 0.3 is 0 Å². The summed E-state index contributed by atoms with van der Waals surface area (Å²) in [6, 6.07) is 4.59. The molecular formula is C14H14BrFO. The monoisotopic (exact) mass is 296 g/mol. The summed E-state index contributed by atoms with van der Waals surface area (Å²) >= 11 is 3.14. The van der Waals surface area contributed by atoms with E-state index in [0.717, 1.165) is 37.7 Å². The molecule has 17 heavy (non-hydrogen) atoms. The quantitative estimate of drug-likeness (QED) is 0.725. The molecule has 1 aliphatic rings. The molecule has 0 aromatic heterocycles. The van der Waals surface area contributed by atoms with Crippen molar-refractivity contribution in [3.8, 4) is 0 Å². The lowest BCUT2D eigenvalue weighted by atomic mass is 9.99. The Morgan fingerprint density at radius 3 is 2.88 bits per heavy atom. The molecule has 3 heteroatoms. The highest BCUT2D eigenvalue weighted by atomic mass is 79.9. The van der Waals surface area contributed by atoms with Crippen LogP contribution in [0.15, 0.2) is 34.3 Å². The summed E-state index contributed by atoms with van der Waals surface area (Å²) in [5.41, 5.74) is 1.26. The summed E-state index contributed by atoms with van der Waals surface area (Å²) in [4.78, 5) is 12.3. The number of Topliss-reactive ketones (excluding diaryl/α,β-unsaturated/α-hetero) is 1. The van der Waals surface area contributed by atoms with Gasteiger partial charge in [0.1, 0.15) is 5.82 Å². The summed E-state index contributed by atoms with van der Waals surface area (Å²) in [6.45, 7) is 0. The van der Waals surface area contributed by atoms with Crippen LogP contribution < -0.4 is 0 Å². The highest BCUT2D eigenvalue weighted by Gasteiger charge is 2.17. The van der Waals surface area contributed by atoms with E-state index in [1.807, 2.05) is 6.08 Å². The summed E-state index contributed by atoms with van der Waals surface area (Å²) in [7, 11) is 0. The minimum Gasteiger partial charge on any atom is -0.289 e. The Bertz CT molecular complexity index is 465. The molecule has 90 valence electrons. The molecule has 1 aromatic rings. The molecule has 0 heterocycles. The molecule has 0 saturated carbocycles.